The smallest absolute Gasteiger partial charge is 0.249 e. The average Bonchev–Trinajstić information content (AvgIpc) is 2.58. The van der Waals surface area contributed by atoms with Crippen molar-refractivity contribution in [2.75, 3.05) is 20.8 Å². The number of methoxy groups -OCH3 is 1. The summed E-state index contributed by atoms with van der Waals surface area (Å²) in [7, 11) is -0.864. The van der Waals surface area contributed by atoms with Crippen LogP contribution >= 0.6 is 0 Å². The maximum Gasteiger partial charge on any atom is 0.249 e. The highest BCUT2D eigenvalue weighted by Crippen LogP contribution is 2.62. The van der Waals surface area contributed by atoms with Crippen LogP contribution in [0.1, 0.15) is 32.1 Å². The summed E-state index contributed by atoms with van der Waals surface area (Å²) in [4.78, 5) is 4.37. The molecule has 6 nitrogen and oxygen atoms in total. The number of sulfonamides is 1. The van der Waals surface area contributed by atoms with Gasteiger partial charge in [-0.3, -0.25) is 4.98 Å². The van der Waals surface area contributed by atoms with Crippen molar-refractivity contribution >= 4 is 20.9 Å². The Balaban J connectivity index is 1.80. The van der Waals surface area contributed by atoms with Crippen molar-refractivity contribution in [2.24, 2.45) is 5.41 Å². The van der Waals surface area contributed by atoms with Gasteiger partial charge in [0.2, 0.25) is 10.0 Å². The molecule has 0 amide bonds. The van der Waals surface area contributed by atoms with Crippen LogP contribution in [0.25, 0.3) is 10.9 Å². The van der Waals surface area contributed by atoms with Crippen LogP contribution in [0.5, 0.6) is 5.75 Å². The van der Waals surface area contributed by atoms with Gasteiger partial charge in [-0.2, -0.15) is 4.31 Å². The zero-order valence-electron chi connectivity index (χ0n) is 15.1. The molecule has 0 atom stereocenters. The number of aromatic nitrogens is 1. The first-order valence-electron chi connectivity index (χ1n) is 8.89. The molecule has 2 saturated carbocycles. The third-order valence-electron chi connectivity index (χ3n) is 6.32. The second-order valence-electron chi connectivity index (χ2n) is 7.73. The molecule has 4 rings (SSSR count). The predicted octanol–water partition coefficient (Wildman–Crippen LogP) is 2.56. The summed E-state index contributed by atoms with van der Waals surface area (Å²) in [6, 6.07) is 7.06. The van der Waals surface area contributed by atoms with E-state index in [0.29, 0.717) is 18.4 Å². The Labute approximate surface area is 153 Å². The Morgan fingerprint density at radius 3 is 2.58 bits per heavy atom. The van der Waals surface area contributed by atoms with E-state index in [9.17, 15) is 13.5 Å². The topological polar surface area (TPSA) is 79.7 Å². The minimum absolute atomic E-state index is 0.0722. The Morgan fingerprint density at radius 1 is 1.27 bits per heavy atom. The summed E-state index contributed by atoms with van der Waals surface area (Å²) in [5, 5.41) is 10.8. The summed E-state index contributed by atoms with van der Waals surface area (Å²) in [5.41, 5.74) is -0.112. The fourth-order valence-electron chi connectivity index (χ4n) is 4.71. The predicted molar refractivity (Wildman–Crippen MR) is 98.6 cm³/mol. The fraction of sp³-hybridized carbons (Fsp3) is 0.526. The van der Waals surface area contributed by atoms with Crippen molar-refractivity contribution in [3.8, 4) is 5.75 Å². The molecule has 1 aromatic heterocycles. The third kappa shape index (κ3) is 2.37. The molecule has 0 unspecified atom stereocenters. The van der Waals surface area contributed by atoms with Gasteiger partial charge in [-0.25, -0.2) is 8.42 Å². The van der Waals surface area contributed by atoms with Crippen LogP contribution in [0.3, 0.4) is 0 Å². The number of fused-ring (bicyclic) bond motifs is 1. The van der Waals surface area contributed by atoms with E-state index < -0.39 is 15.6 Å². The van der Waals surface area contributed by atoms with E-state index in [1.807, 2.05) is 6.07 Å². The molecule has 1 N–H and O–H groups in total. The Bertz CT molecular complexity index is 945. The number of aliphatic hydroxyl groups is 1. The van der Waals surface area contributed by atoms with E-state index in [-0.39, 0.29) is 22.7 Å². The molecular formula is C19H24N2O4S. The number of nitrogens with zero attached hydrogens (tertiary/aromatic N) is 2. The zero-order chi connectivity index (χ0) is 18.6. The second kappa shape index (κ2) is 5.90. The van der Waals surface area contributed by atoms with Crippen LogP contribution in [0.4, 0.5) is 0 Å². The average molecular weight is 376 g/mol. The quantitative estimate of drug-likeness (QED) is 0.867. The number of rotatable bonds is 5. The molecule has 0 aliphatic heterocycles. The van der Waals surface area contributed by atoms with Gasteiger partial charge in [-0.05, 0) is 49.3 Å². The summed E-state index contributed by atoms with van der Waals surface area (Å²) in [6.07, 6.45) is 6.46. The molecule has 26 heavy (non-hydrogen) atoms. The maximum atomic E-state index is 13.5. The van der Waals surface area contributed by atoms with E-state index in [1.54, 1.807) is 31.4 Å². The van der Waals surface area contributed by atoms with Crippen molar-refractivity contribution < 1.29 is 18.3 Å². The summed E-state index contributed by atoms with van der Waals surface area (Å²) < 4.78 is 33.8. The van der Waals surface area contributed by atoms with Crippen molar-refractivity contribution in [1.82, 2.24) is 9.29 Å². The highest BCUT2D eigenvalue weighted by Gasteiger charge is 2.61. The van der Waals surface area contributed by atoms with Crippen molar-refractivity contribution in [2.45, 2.75) is 42.5 Å². The van der Waals surface area contributed by atoms with Gasteiger partial charge in [0.15, 0.2) is 4.90 Å². The lowest BCUT2D eigenvalue weighted by Gasteiger charge is -2.62. The number of hydrogen-bond donors (Lipinski definition) is 1. The maximum absolute atomic E-state index is 13.5. The van der Waals surface area contributed by atoms with E-state index in [0.717, 1.165) is 18.2 Å². The van der Waals surface area contributed by atoms with E-state index in [1.165, 1.54) is 17.8 Å². The lowest BCUT2D eigenvalue weighted by molar-refractivity contribution is -0.113. The highest BCUT2D eigenvalue weighted by molar-refractivity contribution is 7.89. The molecule has 140 valence electrons. The molecule has 2 fully saturated rings. The number of ether oxygens (including phenoxy) is 1. The van der Waals surface area contributed by atoms with Gasteiger partial charge in [0, 0.05) is 18.6 Å². The SMILES string of the molecule is COc1ccc2cccnc2c1S(=O)(=O)N(C)C1(CO)CC2(CCC2)C1. The number of hydrogen-bond acceptors (Lipinski definition) is 5. The highest BCUT2D eigenvalue weighted by atomic mass is 32.2. The normalized spacial score (nSPS) is 20.8. The molecule has 0 saturated heterocycles. The summed E-state index contributed by atoms with van der Waals surface area (Å²) >= 11 is 0. The zero-order valence-corrected chi connectivity index (χ0v) is 15.9. The van der Waals surface area contributed by atoms with Crippen LogP contribution in [0.2, 0.25) is 0 Å². The van der Waals surface area contributed by atoms with Crippen molar-refractivity contribution in [3.63, 3.8) is 0 Å². The molecule has 1 spiro atoms. The van der Waals surface area contributed by atoms with Gasteiger partial charge in [0.05, 0.1) is 24.8 Å². The van der Waals surface area contributed by atoms with Crippen molar-refractivity contribution in [1.29, 1.82) is 0 Å². The van der Waals surface area contributed by atoms with Crippen LogP contribution in [-0.2, 0) is 10.0 Å². The first kappa shape index (κ1) is 17.7. The Kier molecular flexibility index (Phi) is 4.02. The molecule has 2 aliphatic rings. The molecule has 0 bridgehead atoms. The standard InChI is InChI=1S/C19H24N2O4S/c1-21(19(13-22)11-18(12-19)8-4-9-18)26(23,24)17-15(25-2)7-6-14-5-3-10-20-16(14)17/h3,5-7,10,22H,4,8-9,11-13H2,1-2H3. The largest absolute Gasteiger partial charge is 0.495 e. The monoisotopic (exact) mass is 376 g/mol. The number of benzene rings is 1. The lowest BCUT2D eigenvalue weighted by atomic mass is 9.48. The first-order valence-corrected chi connectivity index (χ1v) is 10.3. The van der Waals surface area contributed by atoms with Gasteiger partial charge in [-0.1, -0.05) is 12.5 Å². The van der Waals surface area contributed by atoms with Crippen LogP contribution < -0.4 is 4.74 Å². The van der Waals surface area contributed by atoms with Crippen LogP contribution in [0, 0.1) is 5.41 Å². The molecule has 2 aromatic rings. The lowest BCUT2D eigenvalue weighted by Crippen LogP contribution is -2.66. The molecular weight excluding hydrogens is 352 g/mol. The third-order valence-corrected chi connectivity index (χ3v) is 8.33. The molecule has 0 radical (unpaired) electrons. The van der Waals surface area contributed by atoms with Gasteiger partial charge in [-0.15, -0.1) is 0 Å². The van der Waals surface area contributed by atoms with E-state index in [2.05, 4.69) is 4.98 Å². The second-order valence-corrected chi connectivity index (χ2v) is 9.64. The number of likely N-dealkylation sites (N-methyl/N-ethyl adjacent to an activating group) is 1. The first-order chi connectivity index (χ1) is 12.4. The number of aliphatic hydroxyl groups excluding tert-OH is 1. The minimum atomic E-state index is -3.89. The van der Waals surface area contributed by atoms with Gasteiger partial charge < -0.3 is 9.84 Å². The summed E-state index contributed by atoms with van der Waals surface area (Å²) in [6.45, 7) is -0.176. The molecule has 1 aromatic carbocycles. The van der Waals surface area contributed by atoms with E-state index >= 15 is 0 Å². The van der Waals surface area contributed by atoms with Crippen LogP contribution in [0.15, 0.2) is 35.4 Å². The minimum Gasteiger partial charge on any atom is -0.495 e. The fourth-order valence-corrected chi connectivity index (χ4v) is 6.50. The van der Waals surface area contributed by atoms with Gasteiger partial charge in [0.25, 0.3) is 0 Å². The van der Waals surface area contributed by atoms with E-state index in [4.69, 9.17) is 4.74 Å². The van der Waals surface area contributed by atoms with Crippen LogP contribution in [-0.4, -0.2) is 49.1 Å². The molecule has 7 heteroatoms. The summed E-state index contributed by atoms with van der Waals surface area (Å²) in [5.74, 6) is 0.272. The number of pyridine rings is 1. The molecule has 2 aliphatic carbocycles. The molecule has 1 heterocycles. The van der Waals surface area contributed by atoms with Gasteiger partial charge in [0.1, 0.15) is 5.75 Å². The van der Waals surface area contributed by atoms with Gasteiger partial charge >= 0.3 is 0 Å². The van der Waals surface area contributed by atoms with Crippen molar-refractivity contribution in [3.05, 3.63) is 30.5 Å². The Morgan fingerprint density at radius 2 is 2.00 bits per heavy atom. The Hall–Kier alpha value is -1.70.